The number of hydrogen-bond acceptors (Lipinski definition) is 2. The first kappa shape index (κ1) is 11.9. The lowest BCUT2D eigenvalue weighted by Crippen LogP contribution is -2.02. The Morgan fingerprint density at radius 1 is 1.50 bits per heavy atom. The maximum absolute atomic E-state index is 8.97. The molecule has 1 N–H and O–H groups in total. The van der Waals surface area contributed by atoms with Crippen LogP contribution in [0, 0.1) is 6.92 Å². The maximum atomic E-state index is 8.97. The Hall–Kier alpha value is -0.130. The van der Waals surface area contributed by atoms with E-state index in [0.29, 0.717) is 5.92 Å². The molecule has 2 nitrogen and oxygen atoms in total. The number of rotatable bonds is 4. The molecular weight excluding hydrogens is 291 g/mol. The van der Waals surface area contributed by atoms with Crippen molar-refractivity contribution in [3.05, 3.63) is 34.9 Å². The zero-order chi connectivity index (χ0) is 10.6. The average molecular weight is 306 g/mol. The molecule has 0 amide bonds. The second-order valence-electron chi connectivity index (χ2n) is 3.53. The van der Waals surface area contributed by atoms with Crippen LogP contribution in [0.25, 0.3) is 0 Å². The second kappa shape index (κ2) is 5.68. The molecule has 1 unspecified atom stereocenters. The lowest BCUT2D eigenvalue weighted by Gasteiger charge is -2.13. The van der Waals surface area contributed by atoms with Gasteiger partial charge in [-0.1, -0.05) is 25.1 Å². The summed E-state index contributed by atoms with van der Waals surface area (Å²) >= 11 is 1.92. The van der Waals surface area contributed by atoms with Gasteiger partial charge in [0.25, 0.3) is 0 Å². The number of benzene rings is 1. The Labute approximate surface area is 99.0 Å². The van der Waals surface area contributed by atoms with Crippen molar-refractivity contribution in [1.29, 1.82) is 0 Å². The molecule has 3 heteroatoms. The minimum absolute atomic E-state index is 0.109. The van der Waals surface area contributed by atoms with Crippen molar-refractivity contribution in [2.45, 2.75) is 26.4 Å². The highest BCUT2D eigenvalue weighted by atomic mass is 127. The number of aliphatic hydroxyl groups excluding tert-OH is 1. The standard InChI is InChI=1S/C11H15IO2/c1-8-5-10(6-13)3-4-11(8)9(2)7-14-12/h3-5,9,13H,6-7H2,1-2H3. The molecule has 1 rings (SSSR count). The summed E-state index contributed by atoms with van der Waals surface area (Å²) in [5.74, 6) is 0.402. The second-order valence-corrected chi connectivity index (χ2v) is 4.15. The highest BCUT2D eigenvalue weighted by Gasteiger charge is 2.08. The zero-order valence-corrected chi connectivity index (χ0v) is 10.6. The minimum Gasteiger partial charge on any atom is -0.392 e. The molecule has 14 heavy (non-hydrogen) atoms. The smallest absolute Gasteiger partial charge is 0.109 e. The van der Waals surface area contributed by atoms with Gasteiger partial charge in [-0.25, -0.2) is 0 Å². The fourth-order valence-corrected chi connectivity index (χ4v) is 2.11. The third-order valence-corrected chi connectivity index (χ3v) is 2.72. The largest absolute Gasteiger partial charge is 0.392 e. The van der Waals surface area contributed by atoms with Crippen LogP contribution in [0.5, 0.6) is 0 Å². The molecule has 1 aromatic rings. The van der Waals surface area contributed by atoms with Crippen LogP contribution in [0.1, 0.15) is 29.5 Å². The van der Waals surface area contributed by atoms with Gasteiger partial charge in [0.1, 0.15) is 23.0 Å². The van der Waals surface area contributed by atoms with Crippen LogP contribution in [0.4, 0.5) is 0 Å². The zero-order valence-electron chi connectivity index (χ0n) is 8.46. The van der Waals surface area contributed by atoms with Gasteiger partial charge in [-0.3, -0.25) is 0 Å². The number of hydrogen-bond donors (Lipinski definition) is 1. The van der Waals surface area contributed by atoms with Crippen molar-refractivity contribution in [2.24, 2.45) is 0 Å². The van der Waals surface area contributed by atoms with Crippen molar-refractivity contribution < 1.29 is 8.17 Å². The van der Waals surface area contributed by atoms with Crippen LogP contribution in [0.2, 0.25) is 0 Å². The van der Waals surface area contributed by atoms with E-state index in [-0.39, 0.29) is 6.61 Å². The molecule has 0 saturated carbocycles. The molecule has 0 radical (unpaired) electrons. The SMILES string of the molecule is Cc1cc(CO)ccc1C(C)COI. The number of aryl methyl sites for hydroxylation is 1. The van der Waals surface area contributed by atoms with Crippen molar-refractivity contribution in [3.63, 3.8) is 0 Å². The summed E-state index contributed by atoms with van der Waals surface area (Å²) in [5, 5.41) is 8.97. The Kier molecular flexibility index (Phi) is 4.84. The number of aliphatic hydroxyl groups is 1. The summed E-state index contributed by atoms with van der Waals surface area (Å²) < 4.78 is 5.09. The average Bonchev–Trinajstić information content (AvgIpc) is 2.17. The van der Waals surface area contributed by atoms with E-state index in [2.05, 4.69) is 19.9 Å². The Morgan fingerprint density at radius 2 is 2.21 bits per heavy atom. The van der Waals surface area contributed by atoms with Gasteiger partial charge in [-0.15, -0.1) is 0 Å². The molecule has 0 heterocycles. The molecule has 0 aromatic heterocycles. The Morgan fingerprint density at radius 3 is 2.71 bits per heavy atom. The van der Waals surface area contributed by atoms with Gasteiger partial charge in [-0.05, 0) is 23.6 Å². The third-order valence-electron chi connectivity index (χ3n) is 2.36. The summed E-state index contributed by atoms with van der Waals surface area (Å²) in [5.41, 5.74) is 3.48. The van der Waals surface area contributed by atoms with Crippen LogP contribution in [0.3, 0.4) is 0 Å². The Balaban J connectivity index is 2.88. The molecule has 1 aromatic carbocycles. The lowest BCUT2D eigenvalue weighted by molar-refractivity contribution is 0.281. The van der Waals surface area contributed by atoms with Gasteiger partial charge in [0.15, 0.2) is 0 Å². The molecule has 0 fully saturated rings. The van der Waals surface area contributed by atoms with E-state index in [0.717, 1.165) is 12.2 Å². The van der Waals surface area contributed by atoms with Gasteiger partial charge < -0.3 is 8.17 Å². The fourth-order valence-electron chi connectivity index (χ4n) is 1.57. The summed E-state index contributed by atoms with van der Waals surface area (Å²) in [6, 6.07) is 6.06. The molecular formula is C11H15IO2. The van der Waals surface area contributed by atoms with E-state index < -0.39 is 0 Å². The van der Waals surface area contributed by atoms with E-state index in [1.54, 1.807) is 0 Å². The number of halogens is 1. The van der Waals surface area contributed by atoms with Crippen molar-refractivity contribution in [2.75, 3.05) is 6.61 Å². The van der Waals surface area contributed by atoms with Gasteiger partial charge >= 0.3 is 0 Å². The third kappa shape index (κ3) is 2.93. The lowest BCUT2D eigenvalue weighted by atomic mass is 9.95. The van der Waals surface area contributed by atoms with Crippen molar-refractivity contribution >= 4 is 23.0 Å². The molecule has 1 atom stereocenters. The van der Waals surface area contributed by atoms with Gasteiger partial charge in [0.05, 0.1) is 13.2 Å². The van der Waals surface area contributed by atoms with E-state index in [1.807, 2.05) is 35.1 Å². The molecule has 78 valence electrons. The molecule has 0 spiro atoms. The highest BCUT2D eigenvalue weighted by Crippen LogP contribution is 2.21. The van der Waals surface area contributed by atoms with E-state index >= 15 is 0 Å². The van der Waals surface area contributed by atoms with Crippen LogP contribution in [0.15, 0.2) is 18.2 Å². The quantitative estimate of drug-likeness (QED) is 0.867. The molecule has 0 aliphatic carbocycles. The van der Waals surface area contributed by atoms with Crippen LogP contribution in [-0.4, -0.2) is 11.7 Å². The van der Waals surface area contributed by atoms with Crippen LogP contribution in [-0.2, 0) is 9.67 Å². The summed E-state index contributed by atoms with van der Waals surface area (Å²) in [6.07, 6.45) is 0. The van der Waals surface area contributed by atoms with Gasteiger partial charge in [0, 0.05) is 5.92 Å². The van der Waals surface area contributed by atoms with Crippen LogP contribution < -0.4 is 0 Å². The topological polar surface area (TPSA) is 29.5 Å². The van der Waals surface area contributed by atoms with Crippen molar-refractivity contribution in [3.8, 4) is 0 Å². The fraction of sp³-hybridized carbons (Fsp3) is 0.455. The van der Waals surface area contributed by atoms with Gasteiger partial charge in [0.2, 0.25) is 0 Å². The monoisotopic (exact) mass is 306 g/mol. The predicted molar refractivity (Wildman–Crippen MR) is 65.5 cm³/mol. The molecule has 0 bridgehead atoms. The molecule has 0 saturated heterocycles. The van der Waals surface area contributed by atoms with E-state index in [4.69, 9.17) is 8.17 Å². The first-order valence-electron chi connectivity index (χ1n) is 4.63. The first-order chi connectivity index (χ1) is 6.69. The van der Waals surface area contributed by atoms with E-state index in [1.165, 1.54) is 11.1 Å². The first-order valence-corrected chi connectivity index (χ1v) is 5.51. The summed E-state index contributed by atoms with van der Waals surface area (Å²) in [7, 11) is 0. The molecule has 0 aliphatic heterocycles. The minimum atomic E-state index is 0.109. The summed E-state index contributed by atoms with van der Waals surface area (Å²) in [4.78, 5) is 0. The van der Waals surface area contributed by atoms with Gasteiger partial charge in [-0.2, -0.15) is 0 Å². The molecule has 0 aliphatic rings. The highest BCUT2D eigenvalue weighted by molar-refractivity contribution is 14.1. The predicted octanol–water partition coefficient (Wildman–Crippen LogP) is 2.96. The van der Waals surface area contributed by atoms with Crippen LogP contribution >= 0.6 is 23.0 Å². The normalized spacial score (nSPS) is 12.9. The maximum Gasteiger partial charge on any atom is 0.109 e. The summed E-state index contributed by atoms with van der Waals surface area (Å²) in [6.45, 7) is 5.04. The Bertz CT molecular complexity index is 299. The van der Waals surface area contributed by atoms with E-state index in [9.17, 15) is 0 Å². The van der Waals surface area contributed by atoms with Crippen molar-refractivity contribution in [1.82, 2.24) is 0 Å².